The first-order valence-corrected chi connectivity index (χ1v) is 9.61. The van der Waals surface area contributed by atoms with Crippen molar-refractivity contribution < 1.29 is 13.2 Å². The Bertz CT molecular complexity index is 827. The fraction of sp³-hybridized carbons (Fsp3) is 0.200. The van der Waals surface area contributed by atoms with E-state index in [1.165, 1.54) is 29.6 Å². The molecule has 0 radical (unpaired) electrons. The Balaban J connectivity index is 2.50. The van der Waals surface area contributed by atoms with Crippen LogP contribution in [0.1, 0.15) is 6.92 Å². The lowest BCUT2D eigenvalue weighted by atomic mass is 10.3. The van der Waals surface area contributed by atoms with Crippen LogP contribution in [-0.2, 0) is 10.0 Å². The number of methoxy groups -OCH3 is 1. The molecule has 0 aliphatic heterocycles. The van der Waals surface area contributed by atoms with Gasteiger partial charge in [0, 0.05) is 6.54 Å². The van der Waals surface area contributed by atoms with E-state index in [2.05, 4.69) is 15.9 Å². The second kappa shape index (κ2) is 7.30. The van der Waals surface area contributed by atoms with Crippen LogP contribution in [0.2, 0.25) is 10.0 Å². The Morgan fingerprint density at radius 3 is 2.35 bits per heavy atom. The Labute approximate surface area is 154 Å². The molecular weight excluding hydrogens is 425 g/mol. The topological polar surface area (TPSA) is 46.6 Å². The van der Waals surface area contributed by atoms with Gasteiger partial charge in [0.05, 0.1) is 32.2 Å². The highest BCUT2D eigenvalue weighted by Crippen LogP contribution is 2.33. The number of nitrogens with zero attached hydrogens (tertiary/aromatic N) is 1. The standard InChI is InChI=1S/C15H14BrCl2NO3S/c1-3-19(10-4-6-13(17)14(18)8-10)23(20,21)11-5-7-15(22-2)12(16)9-11/h4-9H,3H2,1-2H3. The van der Waals surface area contributed by atoms with E-state index >= 15 is 0 Å². The Morgan fingerprint density at radius 1 is 1.13 bits per heavy atom. The van der Waals surface area contributed by atoms with E-state index in [0.717, 1.165) is 0 Å². The molecule has 0 saturated heterocycles. The molecule has 0 bridgehead atoms. The normalized spacial score (nSPS) is 11.3. The van der Waals surface area contributed by atoms with Gasteiger partial charge in [-0.15, -0.1) is 0 Å². The third kappa shape index (κ3) is 3.76. The number of anilines is 1. The van der Waals surface area contributed by atoms with E-state index in [4.69, 9.17) is 27.9 Å². The third-order valence-electron chi connectivity index (χ3n) is 3.19. The van der Waals surface area contributed by atoms with Crippen LogP contribution in [0.5, 0.6) is 5.75 Å². The van der Waals surface area contributed by atoms with Crippen molar-refractivity contribution in [1.29, 1.82) is 0 Å². The highest BCUT2D eigenvalue weighted by molar-refractivity contribution is 9.10. The van der Waals surface area contributed by atoms with Gasteiger partial charge in [0.25, 0.3) is 10.0 Å². The van der Waals surface area contributed by atoms with Gasteiger partial charge in [-0.3, -0.25) is 4.31 Å². The van der Waals surface area contributed by atoms with Crippen LogP contribution in [0.4, 0.5) is 5.69 Å². The maximum absolute atomic E-state index is 12.9. The van der Waals surface area contributed by atoms with Gasteiger partial charge in [0.15, 0.2) is 0 Å². The minimum atomic E-state index is -3.74. The van der Waals surface area contributed by atoms with E-state index < -0.39 is 10.0 Å². The SMILES string of the molecule is CCN(c1ccc(Cl)c(Cl)c1)S(=O)(=O)c1ccc(OC)c(Br)c1. The maximum Gasteiger partial charge on any atom is 0.264 e. The summed E-state index contributed by atoms with van der Waals surface area (Å²) in [5.41, 5.74) is 0.453. The third-order valence-corrected chi connectivity index (χ3v) is 6.45. The van der Waals surface area contributed by atoms with Gasteiger partial charge >= 0.3 is 0 Å². The Kier molecular flexibility index (Phi) is 5.84. The van der Waals surface area contributed by atoms with Crippen molar-refractivity contribution in [2.45, 2.75) is 11.8 Å². The van der Waals surface area contributed by atoms with Crippen LogP contribution in [0.3, 0.4) is 0 Å². The van der Waals surface area contributed by atoms with Crippen LogP contribution >= 0.6 is 39.1 Å². The van der Waals surface area contributed by atoms with Gasteiger partial charge in [-0.2, -0.15) is 0 Å². The molecule has 4 nitrogen and oxygen atoms in total. The minimum Gasteiger partial charge on any atom is -0.496 e. The monoisotopic (exact) mass is 437 g/mol. The zero-order valence-electron chi connectivity index (χ0n) is 12.4. The molecule has 2 aromatic carbocycles. The van der Waals surface area contributed by atoms with Gasteiger partial charge in [0.1, 0.15) is 5.75 Å². The molecule has 0 atom stereocenters. The molecule has 0 aliphatic carbocycles. The lowest BCUT2D eigenvalue weighted by molar-refractivity contribution is 0.411. The number of ether oxygens (including phenoxy) is 1. The van der Waals surface area contributed by atoms with Crippen LogP contribution in [0, 0.1) is 0 Å². The van der Waals surface area contributed by atoms with E-state index in [1.54, 1.807) is 25.1 Å². The summed E-state index contributed by atoms with van der Waals surface area (Å²) in [5.74, 6) is 0.557. The summed E-state index contributed by atoms with van der Waals surface area (Å²) in [4.78, 5) is 0.151. The number of hydrogen-bond donors (Lipinski definition) is 0. The van der Waals surface area contributed by atoms with Gasteiger partial charge in [0.2, 0.25) is 0 Å². The molecule has 0 aromatic heterocycles. The smallest absolute Gasteiger partial charge is 0.264 e. The van der Waals surface area contributed by atoms with Crippen molar-refractivity contribution in [3.05, 3.63) is 50.9 Å². The molecule has 0 spiro atoms. The Hall–Kier alpha value is -0.950. The molecule has 124 valence electrons. The van der Waals surface area contributed by atoms with E-state index in [0.29, 0.717) is 26.0 Å². The number of sulfonamides is 1. The predicted molar refractivity (Wildman–Crippen MR) is 97.4 cm³/mol. The second-order valence-corrected chi connectivity index (χ2v) is 8.10. The number of hydrogen-bond acceptors (Lipinski definition) is 3. The molecular formula is C15H14BrCl2NO3S. The molecule has 0 fully saturated rings. The molecule has 0 saturated carbocycles. The molecule has 2 rings (SSSR count). The number of benzene rings is 2. The molecule has 2 aromatic rings. The lowest BCUT2D eigenvalue weighted by Crippen LogP contribution is -2.30. The first-order chi connectivity index (χ1) is 10.8. The first-order valence-electron chi connectivity index (χ1n) is 6.62. The summed E-state index contributed by atoms with van der Waals surface area (Å²) in [5, 5.41) is 0.671. The van der Waals surface area contributed by atoms with E-state index in [-0.39, 0.29) is 11.4 Å². The van der Waals surface area contributed by atoms with Crippen LogP contribution in [-0.4, -0.2) is 22.1 Å². The van der Waals surface area contributed by atoms with Crippen molar-refractivity contribution in [3.8, 4) is 5.75 Å². The highest BCUT2D eigenvalue weighted by Gasteiger charge is 2.25. The Morgan fingerprint density at radius 2 is 1.83 bits per heavy atom. The van der Waals surface area contributed by atoms with Crippen molar-refractivity contribution in [2.24, 2.45) is 0 Å². The number of rotatable bonds is 5. The quantitative estimate of drug-likeness (QED) is 0.661. The number of halogens is 3. The van der Waals surface area contributed by atoms with Gasteiger partial charge in [-0.05, 0) is 59.3 Å². The molecule has 0 heterocycles. The van der Waals surface area contributed by atoms with Gasteiger partial charge in [-0.1, -0.05) is 23.2 Å². The summed E-state index contributed by atoms with van der Waals surface area (Å²) in [6.45, 7) is 2.00. The fourth-order valence-corrected chi connectivity index (χ4v) is 4.54. The molecule has 23 heavy (non-hydrogen) atoms. The zero-order chi connectivity index (χ0) is 17.2. The predicted octanol–water partition coefficient (Wildman–Crippen LogP) is 4.98. The van der Waals surface area contributed by atoms with Crippen LogP contribution in [0.15, 0.2) is 45.8 Å². The second-order valence-electron chi connectivity index (χ2n) is 4.56. The summed E-state index contributed by atoms with van der Waals surface area (Å²) >= 11 is 15.2. The molecule has 0 N–H and O–H groups in total. The van der Waals surface area contributed by atoms with Crippen LogP contribution < -0.4 is 9.04 Å². The summed E-state index contributed by atoms with van der Waals surface area (Å²) < 4.78 is 32.8. The molecule has 0 unspecified atom stereocenters. The first kappa shape index (κ1) is 18.4. The maximum atomic E-state index is 12.9. The van der Waals surface area contributed by atoms with Crippen LogP contribution in [0.25, 0.3) is 0 Å². The largest absolute Gasteiger partial charge is 0.496 e. The fourth-order valence-electron chi connectivity index (χ4n) is 2.07. The van der Waals surface area contributed by atoms with Crippen molar-refractivity contribution in [3.63, 3.8) is 0 Å². The summed E-state index contributed by atoms with van der Waals surface area (Å²) in [7, 11) is -2.22. The van der Waals surface area contributed by atoms with E-state index in [9.17, 15) is 8.42 Å². The van der Waals surface area contributed by atoms with Crippen molar-refractivity contribution in [2.75, 3.05) is 18.0 Å². The summed E-state index contributed by atoms with van der Waals surface area (Å²) in [6, 6.07) is 9.33. The minimum absolute atomic E-state index is 0.151. The average Bonchev–Trinajstić information content (AvgIpc) is 2.51. The van der Waals surface area contributed by atoms with Gasteiger partial charge in [-0.25, -0.2) is 8.42 Å². The lowest BCUT2D eigenvalue weighted by Gasteiger charge is -2.23. The van der Waals surface area contributed by atoms with Crippen molar-refractivity contribution in [1.82, 2.24) is 0 Å². The molecule has 0 amide bonds. The zero-order valence-corrected chi connectivity index (χ0v) is 16.3. The van der Waals surface area contributed by atoms with Crippen molar-refractivity contribution >= 4 is 54.8 Å². The molecule has 0 aliphatic rings. The molecule has 8 heteroatoms. The highest BCUT2D eigenvalue weighted by atomic mass is 79.9. The van der Waals surface area contributed by atoms with Gasteiger partial charge < -0.3 is 4.74 Å². The van der Waals surface area contributed by atoms with E-state index in [1.807, 2.05) is 0 Å². The summed E-state index contributed by atoms with van der Waals surface area (Å²) in [6.07, 6.45) is 0. The average molecular weight is 439 g/mol.